The van der Waals surface area contributed by atoms with Crippen LogP contribution in [-0.2, 0) is 11.3 Å². The third-order valence-electron chi connectivity index (χ3n) is 3.79. The molecular weight excluding hydrogens is 338 g/mol. The smallest absolute Gasteiger partial charge is 0.256 e. The number of hydrogen-bond acceptors (Lipinski definition) is 4. The molecule has 1 aromatic heterocycles. The molecule has 0 fully saturated rings. The molecule has 0 bridgehead atoms. The van der Waals surface area contributed by atoms with Crippen LogP contribution < -0.4 is 11.1 Å². The number of benzene rings is 2. The molecule has 0 aliphatic carbocycles. The number of fused-ring (bicyclic) bond motifs is 1. The molecule has 0 aliphatic rings. The van der Waals surface area contributed by atoms with Crippen molar-refractivity contribution in [2.75, 3.05) is 18.2 Å². The summed E-state index contributed by atoms with van der Waals surface area (Å²) >= 11 is 0. The summed E-state index contributed by atoms with van der Waals surface area (Å²) < 4.78 is 5.15. The fourth-order valence-corrected chi connectivity index (χ4v) is 2.69. The quantitative estimate of drug-likeness (QED) is 0.741. The van der Waals surface area contributed by atoms with Gasteiger partial charge in [0.25, 0.3) is 5.91 Å². The Labute approximate surface area is 152 Å². The Kier molecular flexibility index (Phi) is 5.96. The first-order chi connectivity index (χ1) is 11.6. The molecule has 3 N–H and O–H groups in total. The van der Waals surface area contributed by atoms with Crippen LogP contribution in [0.1, 0.15) is 21.6 Å². The number of rotatable bonds is 4. The highest BCUT2D eigenvalue weighted by atomic mass is 35.5. The summed E-state index contributed by atoms with van der Waals surface area (Å²) in [5, 5.41) is 3.74. The number of methoxy groups -OCH3 is 1. The van der Waals surface area contributed by atoms with E-state index in [4.69, 9.17) is 10.5 Å². The minimum absolute atomic E-state index is 0. The lowest BCUT2D eigenvalue weighted by Gasteiger charge is -2.11. The molecule has 1 heterocycles. The summed E-state index contributed by atoms with van der Waals surface area (Å²) in [4.78, 5) is 17.0. The number of nitrogens with two attached hydrogens (primary N) is 1. The average molecular weight is 358 g/mol. The average Bonchev–Trinajstić information content (AvgIpc) is 2.56. The molecule has 0 spiro atoms. The summed E-state index contributed by atoms with van der Waals surface area (Å²) in [7, 11) is 1.61. The van der Waals surface area contributed by atoms with Gasteiger partial charge < -0.3 is 15.8 Å². The van der Waals surface area contributed by atoms with Gasteiger partial charge in [0, 0.05) is 35.1 Å². The van der Waals surface area contributed by atoms with Crippen LogP contribution in [0.15, 0.2) is 48.5 Å². The number of aryl methyl sites for hydroxylation is 1. The monoisotopic (exact) mass is 357 g/mol. The lowest BCUT2D eigenvalue weighted by atomic mass is 10.1. The molecule has 130 valence electrons. The molecule has 1 amide bonds. The van der Waals surface area contributed by atoms with E-state index in [1.807, 2.05) is 49.4 Å². The second-order valence-corrected chi connectivity index (χ2v) is 5.63. The fourth-order valence-electron chi connectivity index (χ4n) is 2.69. The van der Waals surface area contributed by atoms with Gasteiger partial charge in [-0.3, -0.25) is 9.78 Å². The normalized spacial score (nSPS) is 10.3. The van der Waals surface area contributed by atoms with E-state index < -0.39 is 0 Å². The molecule has 0 saturated carbocycles. The molecule has 3 rings (SSSR count). The zero-order valence-corrected chi connectivity index (χ0v) is 14.9. The Morgan fingerprint density at radius 2 is 1.96 bits per heavy atom. The van der Waals surface area contributed by atoms with Crippen LogP contribution in [0.5, 0.6) is 0 Å². The highest BCUT2D eigenvalue weighted by Gasteiger charge is 2.12. The van der Waals surface area contributed by atoms with Crippen molar-refractivity contribution in [1.29, 1.82) is 0 Å². The largest absolute Gasteiger partial charge is 0.398 e. The Bertz CT molecular complexity index is 912. The molecule has 5 nitrogen and oxygen atoms in total. The van der Waals surface area contributed by atoms with Crippen molar-refractivity contribution in [3.8, 4) is 0 Å². The minimum atomic E-state index is -0.180. The Hall–Kier alpha value is -2.63. The van der Waals surface area contributed by atoms with Crippen molar-refractivity contribution in [1.82, 2.24) is 4.98 Å². The van der Waals surface area contributed by atoms with Crippen molar-refractivity contribution in [2.24, 2.45) is 0 Å². The first kappa shape index (κ1) is 18.7. The van der Waals surface area contributed by atoms with E-state index in [0.29, 0.717) is 23.5 Å². The van der Waals surface area contributed by atoms with Gasteiger partial charge in [-0.1, -0.05) is 18.2 Å². The van der Waals surface area contributed by atoms with Gasteiger partial charge in [-0.2, -0.15) is 0 Å². The first-order valence-corrected chi connectivity index (χ1v) is 7.63. The molecule has 25 heavy (non-hydrogen) atoms. The van der Waals surface area contributed by atoms with Crippen molar-refractivity contribution in [2.45, 2.75) is 13.5 Å². The number of amides is 1. The molecule has 3 aromatic rings. The third-order valence-corrected chi connectivity index (χ3v) is 3.79. The Morgan fingerprint density at radius 1 is 1.20 bits per heavy atom. The molecule has 2 aromatic carbocycles. The van der Waals surface area contributed by atoms with Crippen molar-refractivity contribution < 1.29 is 9.53 Å². The number of halogens is 1. The number of carbonyl (C=O) groups excluding carboxylic acids is 1. The van der Waals surface area contributed by atoms with E-state index in [2.05, 4.69) is 10.3 Å². The molecule has 0 unspecified atom stereocenters. The molecule has 0 aliphatic heterocycles. The van der Waals surface area contributed by atoms with Crippen LogP contribution >= 0.6 is 12.4 Å². The predicted octanol–water partition coefficient (Wildman–Crippen LogP) is 3.95. The van der Waals surface area contributed by atoms with Crippen LogP contribution in [0.2, 0.25) is 0 Å². The van der Waals surface area contributed by atoms with E-state index >= 15 is 0 Å². The van der Waals surface area contributed by atoms with Gasteiger partial charge in [0.05, 0.1) is 12.1 Å². The zero-order valence-electron chi connectivity index (χ0n) is 14.1. The third kappa shape index (κ3) is 4.07. The van der Waals surface area contributed by atoms with E-state index in [9.17, 15) is 4.79 Å². The van der Waals surface area contributed by atoms with Crippen molar-refractivity contribution in [3.05, 3.63) is 65.4 Å². The number of anilines is 2. The lowest BCUT2D eigenvalue weighted by molar-refractivity contribution is 0.102. The van der Waals surface area contributed by atoms with Gasteiger partial charge in [-0.05, 0) is 42.8 Å². The number of nitrogen functional groups attached to an aromatic ring is 1. The second-order valence-electron chi connectivity index (χ2n) is 5.63. The molecule has 6 heteroatoms. The molecule has 0 atom stereocenters. The number of nitrogens with zero attached hydrogens (tertiary/aromatic N) is 1. The van der Waals surface area contributed by atoms with Crippen molar-refractivity contribution in [3.63, 3.8) is 0 Å². The maximum absolute atomic E-state index is 12.6. The van der Waals surface area contributed by atoms with Crippen LogP contribution in [0.25, 0.3) is 10.9 Å². The molecule has 0 radical (unpaired) electrons. The van der Waals surface area contributed by atoms with Crippen molar-refractivity contribution >= 4 is 40.6 Å². The van der Waals surface area contributed by atoms with E-state index in [-0.39, 0.29) is 18.3 Å². The van der Waals surface area contributed by atoms with Crippen LogP contribution in [0.4, 0.5) is 11.4 Å². The van der Waals surface area contributed by atoms with Gasteiger partial charge in [0.15, 0.2) is 0 Å². The van der Waals surface area contributed by atoms with Gasteiger partial charge >= 0.3 is 0 Å². The number of carbonyl (C=O) groups is 1. The maximum atomic E-state index is 12.6. The second kappa shape index (κ2) is 7.96. The summed E-state index contributed by atoms with van der Waals surface area (Å²) in [5.41, 5.74) is 10.5. The van der Waals surface area contributed by atoms with E-state index in [0.717, 1.165) is 22.2 Å². The predicted molar refractivity (Wildman–Crippen MR) is 103 cm³/mol. The Morgan fingerprint density at radius 3 is 2.72 bits per heavy atom. The summed E-state index contributed by atoms with van der Waals surface area (Å²) in [6.45, 7) is 2.29. The minimum Gasteiger partial charge on any atom is -0.398 e. The number of pyridine rings is 1. The number of aromatic nitrogens is 1. The molecular formula is C19H20ClN3O2. The van der Waals surface area contributed by atoms with Gasteiger partial charge in [-0.25, -0.2) is 0 Å². The maximum Gasteiger partial charge on any atom is 0.256 e. The van der Waals surface area contributed by atoms with E-state index in [1.165, 1.54) is 0 Å². The van der Waals surface area contributed by atoms with Crippen LogP contribution in [-0.4, -0.2) is 18.0 Å². The first-order valence-electron chi connectivity index (χ1n) is 7.63. The van der Waals surface area contributed by atoms with Gasteiger partial charge in [0.1, 0.15) is 0 Å². The van der Waals surface area contributed by atoms with E-state index in [1.54, 1.807) is 13.2 Å². The van der Waals surface area contributed by atoms with Crippen LogP contribution in [0, 0.1) is 6.92 Å². The molecule has 0 saturated heterocycles. The van der Waals surface area contributed by atoms with Crippen LogP contribution in [0.3, 0.4) is 0 Å². The summed E-state index contributed by atoms with van der Waals surface area (Å²) in [6, 6.07) is 14.7. The number of ether oxygens (including phenoxy) is 1. The van der Waals surface area contributed by atoms with Gasteiger partial charge in [0.2, 0.25) is 0 Å². The standard InChI is InChI=1S/C19H19N3O2.ClH/c1-12-9-17(20)16-10-14(7-8-18(16)21-12)22-19(23)15-6-4-3-5-13(15)11-24-2;/h3-10H,11H2,1-2H3,(H2,20,21)(H,22,23);1H. The fraction of sp³-hybridized carbons (Fsp3) is 0.158. The topological polar surface area (TPSA) is 77.2 Å². The zero-order chi connectivity index (χ0) is 17.1. The summed E-state index contributed by atoms with van der Waals surface area (Å²) in [5.74, 6) is -0.180. The summed E-state index contributed by atoms with van der Waals surface area (Å²) in [6.07, 6.45) is 0. The lowest BCUT2D eigenvalue weighted by Crippen LogP contribution is -2.14. The SMILES string of the molecule is COCc1ccccc1C(=O)Nc1ccc2nc(C)cc(N)c2c1.Cl. The highest BCUT2D eigenvalue weighted by molar-refractivity contribution is 6.06. The Balaban J connectivity index is 0.00000225. The van der Waals surface area contributed by atoms with Gasteiger partial charge in [-0.15, -0.1) is 12.4 Å². The number of hydrogen-bond donors (Lipinski definition) is 2. The number of nitrogens with one attached hydrogen (secondary N) is 1. The highest BCUT2D eigenvalue weighted by Crippen LogP contribution is 2.24.